The number of aromatic nitrogens is 4. The van der Waals surface area contributed by atoms with Gasteiger partial charge in [0.05, 0.1) is 5.75 Å². The lowest BCUT2D eigenvalue weighted by Crippen LogP contribution is -1.97. The summed E-state index contributed by atoms with van der Waals surface area (Å²) < 4.78 is 8.06. The van der Waals surface area contributed by atoms with Crippen molar-refractivity contribution in [3.05, 3.63) is 42.1 Å². The number of benzene rings is 1. The molecule has 0 radical (unpaired) electrons. The van der Waals surface area contributed by atoms with Crippen LogP contribution in [0.3, 0.4) is 0 Å². The number of H-pyrrole nitrogens is 1. The molecule has 0 spiro atoms. The highest BCUT2D eigenvalue weighted by molar-refractivity contribution is 7.99. The van der Waals surface area contributed by atoms with Gasteiger partial charge < -0.3 is 14.1 Å². The van der Waals surface area contributed by atoms with Crippen molar-refractivity contribution in [2.75, 3.05) is 5.75 Å². The van der Waals surface area contributed by atoms with Gasteiger partial charge in [-0.25, -0.2) is 0 Å². The molecule has 0 aliphatic heterocycles. The fraction of sp³-hybridized carbons (Fsp3) is 0.167. The minimum absolute atomic E-state index is 0.0861. The number of thioether (sulfide) groups is 1. The first-order valence-corrected chi connectivity index (χ1v) is 8.93. The summed E-state index contributed by atoms with van der Waals surface area (Å²) in [6.45, 7) is 2.08. The van der Waals surface area contributed by atoms with E-state index in [4.69, 9.17) is 9.52 Å². The molecule has 4 rings (SSSR count). The normalized spacial score (nSPS) is 11.3. The largest absolute Gasteiger partial charge is 0.481 e. The number of nitrogens with zero attached hydrogens (tertiary/aromatic N) is 3. The van der Waals surface area contributed by atoms with Crippen molar-refractivity contribution >= 4 is 28.6 Å². The highest BCUT2D eigenvalue weighted by Gasteiger charge is 2.13. The first-order valence-electron chi connectivity index (χ1n) is 7.95. The summed E-state index contributed by atoms with van der Waals surface area (Å²) in [5.74, 6) is 0.768. The topological polar surface area (TPSA) is 96.9 Å². The van der Waals surface area contributed by atoms with Crippen LogP contribution in [0.4, 0.5) is 0 Å². The maximum absolute atomic E-state index is 10.6. The smallest absolute Gasteiger partial charge is 0.313 e. The van der Waals surface area contributed by atoms with Gasteiger partial charge in [0.15, 0.2) is 11.6 Å². The van der Waals surface area contributed by atoms with Gasteiger partial charge in [0, 0.05) is 29.2 Å². The Labute approximate surface area is 153 Å². The highest BCUT2D eigenvalue weighted by Crippen LogP contribution is 2.30. The summed E-state index contributed by atoms with van der Waals surface area (Å²) >= 11 is 1.06. The van der Waals surface area contributed by atoms with E-state index in [1.165, 1.54) is 11.2 Å². The lowest BCUT2D eigenvalue weighted by atomic mass is 10.1. The Morgan fingerprint density at radius 1 is 1.27 bits per heavy atom. The zero-order valence-electron chi connectivity index (χ0n) is 14.2. The highest BCUT2D eigenvalue weighted by atomic mass is 32.2. The zero-order valence-corrected chi connectivity index (χ0v) is 15.0. The molecule has 0 saturated carbocycles. The molecule has 132 valence electrons. The van der Waals surface area contributed by atoms with E-state index >= 15 is 0 Å². The molecular formula is C18H16N4O3S. The molecule has 4 aromatic rings. The van der Waals surface area contributed by atoms with Crippen LogP contribution in [-0.2, 0) is 11.8 Å². The van der Waals surface area contributed by atoms with Crippen LogP contribution in [0, 0.1) is 6.92 Å². The number of aryl methyl sites for hydroxylation is 2. The minimum atomic E-state index is -0.909. The molecular weight excluding hydrogens is 352 g/mol. The van der Waals surface area contributed by atoms with Crippen molar-refractivity contribution < 1.29 is 14.3 Å². The third-order valence-electron chi connectivity index (χ3n) is 4.20. The average Bonchev–Trinajstić information content (AvgIpc) is 3.33. The predicted octanol–water partition coefficient (Wildman–Crippen LogP) is 3.71. The summed E-state index contributed by atoms with van der Waals surface area (Å²) in [7, 11) is 2.05. The molecule has 26 heavy (non-hydrogen) atoms. The quantitative estimate of drug-likeness (QED) is 0.521. The molecule has 0 aliphatic rings. The maximum atomic E-state index is 10.6. The van der Waals surface area contributed by atoms with E-state index in [-0.39, 0.29) is 5.75 Å². The van der Waals surface area contributed by atoms with Gasteiger partial charge in [-0.3, -0.25) is 9.89 Å². The van der Waals surface area contributed by atoms with Crippen LogP contribution in [0.5, 0.6) is 0 Å². The Hall–Kier alpha value is -3.00. The summed E-state index contributed by atoms with van der Waals surface area (Å²) in [6, 6.07) is 12.1. The molecule has 8 heteroatoms. The van der Waals surface area contributed by atoms with E-state index in [0.717, 1.165) is 28.5 Å². The summed E-state index contributed by atoms with van der Waals surface area (Å²) in [5, 5.41) is 17.0. The van der Waals surface area contributed by atoms with Crippen molar-refractivity contribution in [1.29, 1.82) is 0 Å². The molecule has 1 aromatic carbocycles. The Balaban J connectivity index is 1.61. The van der Waals surface area contributed by atoms with Crippen LogP contribution in [0.15, 0.2) is 46.0 Å². The monoisotopic (exact) mass is 368 g/mol. The number of hydrogen-bond donors (Lipinski definition) is 2. The Morgan fingerprint density at radius 2 is 2.08 bits per heavy atom. The fourth-order valence-corrected chi connectivity index (χ4v) is 3.33. The SMILES string of the molecule is Cc1cc2cc(-c3ccc(-c4nc(SCC(=O)O)n[nH]4)o3)ccc2n1C. The third-order valence-corrected chi connectivity index (χ3v) is 5.03. The number of carboxylic acids is 1. The van der Waals surface area contributed by atoms with Crippen molar-refractivity contribution in [3.63, 3.8) is 0 Å². The van der Waals surface area contributed by atoms with Crippen LogP contribution < -0.4 is 0 Å². The average molecular weight is 368 g/mol. The van der Waals surface area contributed by atoms with Crippen molar-refractivity contribution in [3.8, 4) is 22.9 Å². The molecule has 0 saturated heterocycles. The van der Waals surface area contributed by atoms with Gasteiger partial charge in [-0.15, -0.1) is 5.10 Å². The molecule has 0 fully saturated rings. The van der Waals surface area contributed by atoms with Crippen LogP contribution in [-0.4, -0.2) is 36.6 Å². The number of carbonyl (C=O) groups is 1. The second kappa shape index (κ2) is 6.38. The number of aliphatic carboxylic acids is 1. The van der Waals surface area contributed by atoms with E-state index < -0.39 is 5.97 Å². The number of rotatable bonds is 5. The molecule has 0 aliphatic carbocycles. The van der Waals surface area contributed by atoms with Gasteiger partial charge in [0.2, 0.25) is 5.16 Å². The van der Waals surface area contributed by atoms with Gasteiger partial charge in [0.1, 0.15) is 5.76 Å². The predicted molar refractivity (Wildman–Crippen MR) is 99.1 cm³/mol. The Kier molecular flexibility index (Phi) is 4.04. The van der Waals surface area contributed by atoms with Crippen LogP contribution >= 0.6 is 11.8 Å². The number of aromatic amines is 1. The fourth-order valence-electron chi connectivity index (χ4n) is 2.81. The van der Waals surface area contributed by atoms with E-state index in [0.29, 0.717) is 16.7 Å². The number of carboxylic acid groups (broad SMARTS) is 1. The van der Waals surface area contributed by atoms with E-state index in [2.05, 4.69) is 44.9 Å². The summed E-state index contributed by atoms with van der Waals surface area (Å²) in [6.07, 6.45) is 0. The summed E-state index contributed by atoms with van der Waals surface area (Å²) in [4.78, 5) is 14.9. The molecule has 0 amide bonds. The van der Waals surface area contributed by atoms with Gasteiger partial charge >= 0.3 is 5.97 Å². The van der Waals surface area contributed by atoms with E-state index in [1.54, 1.807) is 0 Å². The first-order chi connectivity index (χ1) is 12.5. The molecule has 0 bridgehead atoms. The lowest BCUT2D eigenvalue weighted by Gasteiger charge is -2.00. The van der Waals surface area contributed by atoms with Crippen molar-refractivity contribution in [1.82, 2.24) is 19.7 Å². The standard InChI is InChI=1S/C18H16N4O3S/c1-10-7-12-8-11(3-4-13(12)22(10)2)14-5-6-15(25-14)17-19-18(21-20-17)26-9-16(23)24/h3-8H,9H2,1-2H3,(H,23,24)(H,19,20,21). The summed E-state index contributed by atoms with van der Waals surface area (Å²) in [5.41, 5.74) is 3.35. The molecule has 0 atom stereocenters. The number of fused-ring (bicyclic) bond motifs is 1. The Bertz CT molecular complexity index is 1110. The van der Waals surface area contributed by atoms with Crippen molar-refractivity contribution in [2.24, 2.45) is 7.05 Å². The number of hydrogen-bond acceptors (Lipinski definition) is 5. The minimum Gasteiger partial charge on any atom is -0.481 e. The zero-order chi connectivity index (χ0) is 18.3. The van der Waals surface area contributed by atoms with Crippen molar-refractivity contribution in [2.45, 2.75) is 12.1 Å². The van der Waals surface area contributed by atoms with Gasteiger partial charge in [-0.05, 0) is 43.3 Å². The lowest BCUT2D eigenvalue weighted by molar-refractivity contribution is -0.133. The van der Waals surface area contributed by atoms with E-state index in [1.807, 2.05) is 25.2 Å². The van der Waals surface area contributed by atoms with Crippen LogP contribution in [0.1, 0.15) is 5.69 Å². The molecule has 3 heterocycles. The third kappa shape index (κ3) is 2.99. The molecule has 2 N–H and O–H groups in total. The van der Waals surface area contributed by atoms with Gasteiger partial charge in [-0.2, -0.15) is 4.98 Å². The van der Waals surface area contributed by atoms with Crippen LogP contribution in [0.25, 0.3) is 33.8 Å². The Morgan fingerprint density at radius 3 is 2.88 bits per heavy atom. The number of furan rings is 1. The molecule has 3 aromatic heterocycles. The van der Waals surface area contributed by atoms with Crippen LogP contribution in [0.2, 0.25) is 0 Å². The molecule has 0 unspecified atom stereocenters. The first kappa shape index (κ1) is 16.5. The maximum Gasteiger partial charge on any atom is 0.313 e. The second-order valence-electron chi connectivity index (χ2n) is 5.93. The number of nitrogens with one attached hydrogen (secondary N) is 1. The van der Waals surface area contributed by atoms with Gasteiger partial charge in [0.25, 0.3) is 0 Å². The molecule has 7 nitrogen and oxygen atoms in total. The van der Waals surface area contributed by atoms with E-state index in [9.17, 15) is 4.79 Å². The second-order valence-corrected chi connectivity index (χ2v) is 6.87. The van der Waals surface area contributed by atoms with Gasteiger partial charge in [-0.1, -0.05) is 11.8 Å².